The number of piperazine rings is 1. The van der Waals surface area contributed by atoms with E-state index in [-0.39, 0.29) is 6.09 Å². The number of ether oxygens (including phenoxy) is 1. The number of aromatic nitrogens is 1. The summed E-state index contributed by atoms with van der Waals surface area (Å²) in [6.45, 7) is 9.48. The Hall–Kier alpha value is -2.64. The fourth-order valence-corrected chi connectivity index (χ4v) is 4.66. The van der Waals surface area contributed by atoms with Gasteiger partial charge in [-0.25, -0.2) is 9.78 Å². The second-order valence-corrected chi connectivity index (χ2v) is 9.64. The van der Waals surface area contributed by atoms with Crippen molar-refractivity contribution in [2.45, 2.75) is 32.9 Å². The van der Waals surface area contributed by atoms with Gasteiger partial charge in [-0.1, -0.05) is 24.3 Å². The summed E-state index contributed by atoms with van der Waals surface area (Å²) < 4.78 is 6.66. The van der Waals surface area contributed by atoms with Crippen molar-refractivity contribution in [3.8, 4) is 10.6 Å². The summed E-state index contributed by atoms with van der Waals surface area (Å²) >= 11 is 1.67. The number of amides is 1. The van der Waals surface area contributed by atoms with Gasteiger partial charge in [0.25, 0.3) is 0 Å². The van der Waals surface area contributed by atoms with Gasteiger partial charge in [0.2, 0.25) is 0 Å². The zero-order valence-electron chi connectivity index (χ0n) is 17.7. The zero-order valence-corrected chi connectivity index (χ0v) is 18.5. The van der Waals surface area contributed by atoms with E-state index < -0.39 is 5.60 Å². The molecule has 0 spiro atoms. The highest BCUT2D eigenvalue weighted by atomic mass is 32.1. The van der Waals surface area contributed by atoms with E-state index in [1.807, 2.05) is 45.0 Å². The maximum Gasteiger partial charge on any atom is 0.410 e. The minimum absolute atomic E-state index is 0.228. The molecule has 158 valence electrons. The molecule has 2 heterocycles. The van der Waals surface area contributed by atoms with E-state index >= 15 is 0 Å². The number of benzene rings is 2. The monoisotopic (exact) mass is 424 g/mol. The SMILES string of the molecule is CC(C)(C)OC(=O)N1CCN(Cc2cccc3sc(-c4ccccc4N)nc23)CC1. The molecule has 3 aromatic rings. The van der Waals surface area contributed by atoms with Crippen LogP contribution in [-0.2, 0) is 11.3 Å². The molecule has 2 N–H and O–H groups in total. The fourth-order valence-electron chi connectivity index (χ4n) is 3.60. The Kier molecular flexibility index (Phi) is 5.66. The maximum atomic E-state index is 12.3. The van der Waals surface area contributed by atoms with Gasteiger partial charge in [-0.15, -0.1) is 11.3 Å². The third-order valence-electron chi connectivity index (χ3n) is 5.11. The normalized spacial score (nSPS) is 15.5. The highest BCUT2D eigenvalue weighted by Crippen LogP contribution is 2.34. The zero-order chi connectivity index (χ0) is 21.3. The number of nitrogen functional groups attached to an aromatic ring is 1. The number of nitrogens with zero attached hydrogens (tertiary/aromatic N) is 3. The molecule has 1 saturated heterocycles. The molecular formula is C23H28N4O2S. The van der Waals surface area contributed by atoms with Crippen LogP contribution in [0.15, 0.2) is 42.5 Å². The van der Waals surface area contributed by atoms with Crippen LogP contribution in [0.2, 0.25) is 0 Å². The summed E-state index contributed by atoms with van der Waals surface area (Å²) in [6.07, 6.45) is -0.228. The molecule has 7 heteroatoms. The number of fused-ring (bicyclic) bond motifs is 1. The Bertz CT molecular complexity index is 1050. The lowest BCUT2D eigenvalue weighted by Gasteiger charge is -2.35. The van der Waals surface area contributed by atoms with Crippen molar-refractivity contribution in [1.82, 2.24) is 14.8 Å². The topological polar surface area (TPSA) is 71.7 Å². The quantitative estimate of drug-likeness (QED) is 0.622. The fraction of sp³-hybridized carbons (Fsp3) is 0.391. The minimum Gasteiger partial charge on any atom is -0.444 e. The van der Waals surface area contributed by atoms with Crippen LogP contribution in [0.3, 0.4) is 0 Å². The Balaban J connectivity index is 1.46. The highest BCUT2D eigenvalue weighted by Gasteiger charge is 2.26. The van der Waals surface area contributed by atoms with Gasteiger partial charge in [0.15, 0.2) is 0 Å². The van der Waals surface area contributed by atoms with Crippen LogP contribution < -0.4 is 5.73 Å². The first-order chi connectivity index (χ1) is 14.3. The van der Waals surface area contributed by atoms with Crippen LogP contribution in [0.4, 0.5) is 10.5 Å². The molecule has 0 bridgehead atoms. The molecular weight excluding hydrogens is 396 g/mol. The van der Waals surface area contributed by atoms with E-state index in [4.69, 9.17) is 15.5 Å². The molecule has 0 aliphatic carbocycles. The van der Waals surface area contributed by atoms with E-state index in [9.17, 15) is 4.79 Å². The van der Waals surface area contributed by atoms with Gasteiger partial charge in [-0.2, -0.15) is 0 Å². The number of thiazole rings is 1. The molecule has 2 aromatic carbocycles. The largest absolute Gasteiger partial charge is 0.444 e. The standard InChI is InChI=1S/C23H28N4O2S/c1-23(2,3)29-22(28)27-13-11-26(12-14-27)15-16-7-6-10-19-20(16)25-21(30-19)17-8-4-5-9-18(17)24/h4-10H,11-15,24H2,1-3H3. The molecule has 6 nitrogen and oxygen atoms in total. The molecule has 1 aliphatic heterocycles. The summed E-state index contributed by atoms with van der Waals surface area (Å²) in [7, 11) is 0. The molecule has 0 unspecified atom stereocenters. The predicted octanol–water partition coefficient (Wildman–Crippen LogP) is 4.60. The Morgan fingerprint density at radius 3 is 2.53 bits per heavy atom. The summed E-state index contributed by atoms with van der Waals surface area (Å²) in [4.78, 5) is 21.4. The van der Waals surface area contributed by atoms with Gasteiger partial charge < -0.3 is 15.4 Å². The number of carbonyl (C=O) groups is 1. The molecule has 4 rings (SSSR count). The molecule has 1 aromatic heterocycles. The van der Waals surface area contributed by atoms with Crippen molar-refractivity contribution in [2.75, 3.05) is 31.9 Å². The van der Waals surface area contributed by atoms with Crippen LogP contribution >= 0.6 is 11.3 Å². The third kappa shape index (κ3) is 4.57. The van der Waals surface area contributed by atoms with Crippen molar-refractivity contribution in [3.05, 3.63) is 48.0 Å². The number of anilines is 1. The Morgan fingerprint density at radius 1 is 1.10 bits per heavy atom. The summed E-state index contributed by atoms with van der Waals surface area (Å²) in [5, 5.41) is 0.949. The van der Waals surface area contributed by atoms with Gasteiger partial charge >= 0.3 is 6.09 Å². The average Bonchev–Trinajstić information content (AvgIpc) is 3.13. The number of hydrogen-bond donors (Lipinski definition) is 1. The molecule has 0 saturated carbocycles. The van der Waals surface area contributed by atoms with E-state index in [0.717, 1.165) is 46.1 Å². The maximum absolute atomic E-state index is 12.3. The Morgan fingerprint density at radius 2 is 1.83 bits per heavy atom. The predicted molar refractivity (Wildman–Crippen MR) is 123 cm³/mol. The van der Waals surface area contributed by atoms with Crippen molar-refractivity contribution in [2.24, 2.45) is 0 Å². The summed E-state index contributed by atoms with van der Waals surface area (Å²) in [5.41, 5.74) is 9.66. The minimum atomic E-state index is -0.464. The van der Waals surface area contributed by atoms with Gasteiger partial charge in [0, 0.05) is 44.0 Å². The third-order valence-corrected chi connectivity index (χ3v) is 6.17. The number of rotatable bonds is 3. The molecule has 1 aliphatic rings. The lowest BCUT2D eigenvalue weighted by molar-refractivity contribution is 0.0139. The van der Waals surface area contributed by atoms with Crippen molar-refractivity contribution >= 4 is 33.3 Å². The lowest BCUT2D eigenvalue weighted by atomic mass is 10.1. The van der Waals surface area contributed by atoms with Crippen LogP contribution in [0.1, 0.15) is 26.3 Å². The van der Waals surface area contributed by atoms with Crippen molar-refractivity contribution in [1.29, 1.82) is 0 Å². The second kappa shape index (κ2) is 8.24. The first-order valence-corrected chi connectivity index (χ1v) is 11.1. The molecule has 0 atom stereocenters. The average molecular weight is 425 g/mol. The van der Waals surface area contributed by atoms with E-state index in [1.54, 1.807) is 16.2 Å². The second-order valence-electron chi connectivity index (χ2n) is 8.61. The number of carbonyl (C=O) groups excluding carboxylic acids is 1. The van der Waals surface area contributed by atoms with Gasteiger partial charge in [0.1, 0.15) is 10.6 Å². The Labute approximate surface area is 181 Å². The van der Waals surface area contributed by atoms with Crippen LogP contribution in [0, 0.1) is 0 Å². The summed E-state index contributed by atoms with van der Waals surface area (Å²) in [5.74, 6) is 0. The first kappa shape index (κ1) is 20.6. The van der Waals surface area contributed by atoms with Gasteiger partial charge in [0.05, 0.1) is 10.2 Å². The van der Waals surface area contributed by atoms with Crippen LogP contribution in [0.5, 0.6) is 0 Å². The number of hydrogen-bond acceptors (Lipinski definition) is 6. The van der Waals surface area contributed by atoms with Crippen molar-refractivity contribution in [3.63, 3.8) is 0 Å². The smallest absolute Gasteiger partial charge is 0.410 e. The first-order valence-electron chi connectivity index (χ1n) is 10.2. The van der Waals surface area contributed by atoms with E-state index in [1.165, 1.54) is 5.56 Å². The molecule has 30 heavy (non-hydrogen) atoms. The van der Waals surface area contributed by atoms with Crippen molar-refractivity contribution < 1.29 is 9.53 Å². The summed E-state index contributed by atoms with van der Waals surface area (Å²) in [6, 6.07) is 14.2. The highest BCUT2D eigenvalue weighted by molar-refractivity contribution is 7.21. The van der Waals surface area contributed by atoms with Crippen LogP contribution in [-0.4, -0.2) is 52.7 Å². The molecule has 1 fully saturated rings. The molecule has 0 radical (unpaired) electrons. The number of para-hydroxylation sites is 2. The molecule has 1 amide bonds. The van der Waals surface area contributed by atoms with E-state index in [2.05, 4.69) is 23.1 Å². The van der Waals surface area contributed by atoms with Gasteiger partial charge in [-0.3, -0.25) is 4.90 Å². The van der Waals surface area contributed by atoms with E-state index in [0.29, 0.717) is 13.1 Å². The lowest BCUT2D eigenvalue weighted by Crippen LogP contribution is -2.49. The van der Waals surface area contributed by atoms with Gasteiger partial charge in [-0.05, 0) is 44.5 Å². The van der Waals surface area contributed by atoms with Crippen LogP contribution in [0.25, 0.3) is 20.8 Å². The number of nitrogens with two attached hydrogens (primary N) is 1.